The summed E-state index contributed by atoms with van der Waals surface area (Å²) in [6.45, 7) is -3.49. The van der Waals surface area contributed by atoms with E-state index in [4.69, 9.17) is 5.11 Å². The molecule has 2 nitrogen and oxygen atoms in total. The van der Waals surface area contributed by atoms with Crippen molar-refractivity contribution in [2.24, 2.45) is 0 Å². The van der Waals surface area contributed by atoms with Crippen LogP contribution < -0.4 is 0 Å². The van der Waals surface area contributed by atoms with E-state index in [0.29, 0.717) is 0 Å². The van der Waals surface area contributed by atoms with Crippen LogP contribution in [0.25, 0.3) is 0 Å². The maximum absolute atomic E-state index is 13.3. The summed E-state index contributed by atoms with van der Waals surface area (Å²) in [7, 11) is 0. The fourth-order valence-electron chi connectivity index (χ4n) is 1.62. The minimum absolute atomic E-state index is 0.769. The second-order valence-corrected chi connectivity index (χ2v) is 5.86. The molecule has 0 bridgehead atoms. The molecule has 0 fully saturated rings. The summed E-state index contributed by atoms with van der Waals surface area (Å²) < 4.78 is 211. The minimum Gasteiger partial charge on any atom is -0.391 e. The molecule has 0 rings (SSSR count). The molecule has 1 N–H and O–H groups in total. The molecular weight excluding hydrogens is 480 g/mol. The van der Waals surface area contributed by atoms with E-state index in [0.717, 1.165) is 6.92 Å². The Kier molecular flexibility index (Phi) is 7.73. The van der Waals surface area contributed by atoms with Crippen molar-refractivity contribution in [2.75, 3.05) is 13.2 Å². The third-order valence-electron chi connectivity index (χ3n) is 3.37. The number of rotatable bonds is 11. The van der Waals surface area contributed by atoms with Gasteiger partial charge in [-0.25, -0.2) is 8.78 Å². The summed E-state index contributed by atoms with van der Waals surface area (Å²) in [5.74, 6) is -54.8. The van der Waals surface area contributed by atoms with Gasteiger partial charge in [-0.15, -0.1) is 0 Å². The van der Waals surface area contributed by atoms with Gasteiger partial charge in [-0.2, -0.15) is 61.5 Å². The van der Waals surface area contributed by atoms with Crippen LogP contribution in [0.15, 0.2) is 0 Å². The van der Waals surface area contributed by atoms with Gasteiger partial charge in [-0.3, -0.25) is 0 Å². The van der Waals surface area contributed by atoms with Crippen LogP contribution in [-0.4, -0.2) is 72.3 Å². The van der Waals surface area contributed by atoms with Gasteiger partial charge < -0.3 is 9.84 Å². The van der Waals surface area contributed by atoms with Crippen LogP contribution in [0.5, 0.6) is 0 Å². The Morgan fingerprint density at radius 1 is 0.633 bits per heavy atom. The molecule has 0 spiro atoms. The SMILES string of the molecule is CC(O)COCC(F)(F)C(F)(F)C(F)(F)C(F)(F)C(F)(F)C(F)(F)C(F)(F)C(F)F. The Labute approximate surface area is 155 Å². The van der Waals surface area contributed by atoms with Crippen LogP contribution in [0.4, 0.5) is 70.2 Å². The molecular formula is C12H10F16O2. The predicted octanol–water partition coefficient (Wildman–Crippen LogP) is 5.10. The summed E-state index contributed by atoms with van der Waals surface area (Å²) in [6, 6.07) is 0. The average molecular weight is 490 g/mol. The van der Waals surface area contributed by atoms with Crippen molar-refractivity contribution in [1.82, 2.24) is 0 Å². The average Bonchev–Trinajstić information content (AvgIpc) is 2.52. The number of alkyl halides is 16. The molecule has 0 heterocycles. The van der Waals surface area contributed by atoms with Crippen molar-refractivity contribution in [3.63, 3.8) is 0 Å². The van der Waals surface area contributed by atoms with E-state index in [1.807, 2.05) is 0 Å². The van der Waals surface area contributed by atoms with Gasteiger partial charge in [0.1, 0.15) is 6.61 Å². The Hall–Kier alpha value is -1.20. The third kappa shape index (κ3) is 4.12. The number of halogens is 16. The molecule has 30 heavy (non-hydrogen) atoms. The highest BCUT2D eigenvalue weighted by Gasteiger charge is 2.93. The van der Waals surface area contributed by atoms with E-state index in [2.05, 4.69) is 4.74 Å². The van der Waals surface area contributed by atoms with Gasteiger partial charge in [-0.05, 0) is 6.92 Å². The van der Waals surface area contributed by atoms with Crippen LogP contribution in [0.1, 0.15) is 6.92 Å². The Bertz CT molecular complexity index is 585. The highest BCUT2D eigenvalue weighted by atomic mass is 19.4. The van der Waals surface area contributed by atoms with Gasteiger partial charge in [0.2, 0.25) is 0 Å². The summed E-state index contributed by atoms with van der Waals surface area (Å²) in [4.78, 5) is 0. The van der Waals surface area contributed by atoms with Crippen LogP contribution in [-0.2, 0) is 4.74 Å². The highest BCUT2D eigenvalue weighted by Crippen LogP contribution is 2.62. The molecule has 18 heteroatoms. The first-order chi connectivity index (χ1) is 12.9. The van der Waals surface area contributed by atoms with E-state index in [1.165, 1.54) is 0 Å². The number of aliphatic hydroxyl groups excluding tert-OH is 1. The third-order valence-corrected chi connectivity index (χ3v) is 3.37. The lowest BCUT2D eigenvalue weighted by molar-refractivity contribution is -0.448. The zero-order chi connectivity index (χ0) is 24.8. The normalized spacial score (nSPS) is 16.9. The zero-order valence-electron chi connectivity index (χ0n) is 14.0. The van der Waals surface area contributed by atoms with Crippen molar-refractivity contribution < 1.29 is 80.1 Å². The first kappa shape index (κ1) is 28.8. The molecule has 0 saturated heterocycles. The molecule has 0 aliphatic rings. The molecule has 0 aromatic heterocycles. The van der Waals surface area contributed by atoms with E-state index in [1.54, 1.807) is 0 Å². The molecule has 0 saturated carbocycles. The lowest BCUT2D eigenvalue weighted by Gasteiger charge is -2.42. The highest BCUT2D eigenvalue weighted by molar-refractivity contribution is 5.14. The minimum atomic E-state index is -8.42. The quantitative estimate of drug-likeness (QED) is 0.409. The van der Waals surface area contributed by atoms with Crippen molar-refractivity contribution >= 4 is 0 Å². The molecule has 0 radical (unpaired) electrons. The first-order valence-corrected chi connectivity index (χ1v) is 7.05. The van der Waals surface area contributed by atoms with Gasteiger partial charge in [0.15, 0.2) is 0 Å². The summed E-state index contributed by atoms with van der Waals surface area (Å²) in [5.41, 5.74) is 0. The molecule has 1 unspecified atom stereocenters. The Morgan fingerprint density at radius 2 is 0.967 bits per heavy atom. The predicted molar refractivity (Wildman–Crippen MR) is 63.1 cm³/mol. The molecule has 0 aliphatic heterocycles. The van der Waals surface area contributed by atoms with E-state index >= 15 is 0 Å². The first-order valence-electron chi connectivity index (χ1n) is 7.05. The fourth-order valence-corrected chi connectivity index (χ4v) is 1.62. The van der Waals surface area contributed by atoms with Gasteiger partial charge >= 0.3 is 47.9 Å². The van der Waals surface area contributed by atoms with Crippen molar-refractivity contribution in [1.29, 1.82) is 0 Å². The maximum atomic E-state index is 13.3. The Balaban J connectivity index is 6.33. The van der Waals surface area contributed by atoms with Crippen molar-refractivity contribution in [2.45, 2.75) is 60.9 Å². The fraction of sp³-hybridized carbons (Fsp3) is 1.00. The lowest BCUT2D eigenvalue weighted by atomic mass is 9.89. The smallest absolute Gasteiger partial charge is 0.384 e. The van der Waals surface area contributed by atoms with Crippen molar-refractivity contribution in [3.05, 3.63) is 0 Å². The Morgan fingerprint density at radius 3 is 1.30 bits per heavy atom. The van der Waals surface area contributed by atoms with Gasteiger partial charge in [0.05, 0.1) is 12.7 Å². The summed E-state index contributed by atoms with van der Waals surface area (Å²) in [5, 5.41) is 8.62. The van der Waals surface area contributed by atoms with E-state index < -0.39 is 67.2 Å². The second kappa shape index (κ2) is 8.05. The molecule has 1 atom stereocenters. The van der Waals surface area contributed by atoms with Crippen molar-refractivity contribution in [3.8, 4) is 0 Å². The van der Waals surface area contributed by atoms with Gasteiger partial charge in [-0.1, -0.05) is 0 Å². The molecule has 182 valence electrons. The topological polar surface area (TPSA) is 29.5 Å². The standard InChI is InChI=1S/C12H10F16O2/c1-4(29)2-30-3-6(15,16)8(19,20)10(23,24)12(27,28)11(25,26)9(21,22)7(17,18)5(13)14/h4-5,29H,2-3H2,1H3. The monoisotopic (exact) mass is 490 g/mol. The maximum Gasteiger partial charge on any atom is 0.384 e. The second-order valence-electron chi connectivity index (χ2n) is 5.86. The summed E-state index contributed by atoms with van der Waals surface area (Å²) in [6.07, 6.45) is -7.59. The van der Waals surface area contributed by atoms with E-state index in [-0.39, 0.29) is 0 Å². The van der Waals surface area contributed by atoms with Crippen LogP contribution in [0.2, 0.25) is 0 Å². The molecule has 0 aromatic carbocycles. The number of aliphatic hydroxyl groups is 1. The number of hydrogen-bond donors (Lipinski definition) is 1. The number of ether oxygens (including phenoxy) is 1. The largest absolute Gasteiger partial charge is 0.391 e. The molecule has 0 amide bonds. The van der Waals surface area contributed by atoms with Crippen LogP contribution >= 0.6 is 0 Å². The lowest BCUT2D eigenvalue weighted by Crippen LogP contribution is -2.74. The summed E-state index contributed by atoms with van der Waals surface area (Å²) >= 11 is 0. The molecule has 0 aromatic rings. The van der Waals surface area contributed by atoms with Gasteiger partial charge in [0, 0.05) is 0 Å². The van der Waals surface area contributed by atoms with E-state index in [9.17, 15) is 70.2 Å². The van der Waals surface area contributed by atoms with Crippen LogP contribution in [0, 0.1) is 0 Å². The zero-order valence-corrected chi connectivity index (χ0v) is 14.0. The van der Waals surface area contributed by atoms with Gasteiger partial charge in [0.25, 0.3) is 0 Å². The number of hydrogen-bond acceptors (Lipinski definition) is 2. The van der Waals surface area contributed by atoms with Crippen LogP contribution in [0.3, 0.4) is 0 Å². The molecule has 0 aliphatic carbocycles.